The number of aliphatic hydroxyl groups is 1. The molecule has 5 heteroatoms. The van der Waals surface area contributed by atoms with E-state index in [4.69, 9.17) is 0 Å². The molecule has 142 valence electrons. The van der Waals surface area contributed by atoms with Gasteiger partial charge in [0.05, 0.1) is 17.4 Å². The molecule has 0 bridgehead atoms. The zero-order valence-corrected chi connectivity index (χ0v) is 16.4. The Morgan fingerprint density at radius 3 is 2.54 bits per heavy atom. The molecule has 1 atom stereocenters. The first kappa shape index (κ1) is 18.7. The molecule has 0 saturated heterocycles. The van der Waals surface area contributed by atoms with E-state index in [-0.39, 0.29) is 5.75 Å². The molecule has 0 amide bonds. The van der Waals surface area contributed by atoms with E-state index in [1.54, 1.807) is 12.3 Å². The maximum atomic E-state index is 13.9. The molecule has 3 aromatic carbocycles. The lowest BCUT2D eigenvalue weighted by atomic mass is 9.96. The number of alkyl halides is 1. The fourth-order valence-corrected chi connectivity index (χ4v) is 4.32. The molecule has 0 aliphatic heterocycles. The van der Waals surface area contributed by atoms with Crippen molar-refractivity contribution in [2.24, 2.45) is 0 Å². The Labute approximate surface area is 167 Å². The topological polar surface area (TPSA) is 38.1 Å². The minimum Gasteiger partial charge on any atom is -0.382 e. The summed E-state index contributed by atoms with van der Waals surface area (Å²) in [5, 5.41) is 16.3. The molecule has 1 aromatic heterocycles. The lowest BCUT2D eigenvalue weighted by Crippen LogP contribution is -2.31. The smallest absolute Gasteiger partial charge is 0.127 e. The molecule has 0 saturated carbocycles. The molecular weight excluding hydrogens is 371 g/mol. The fraction of sp³-hybridized carbons (Fsp3) is 0.174. The van der Waals surface area contributed by atoms with E-state index in [9.17, 15) is 9.50 Å². The minimum atomic E-state index is -1.55. The van der Waals surface area contributed by atoms with Gasteiger partial charge in [-0.1, -0.05) is 42.5 Å². The summed E-state index contributed by atoms with van der Waals surface area (Å²) in [7, 11) is 0. The zero-order chi connectivity index (χ0) is 19.6. The lowest BCUT2D eigenvalue weighted by molar-refractivity contribution is 0.0350. The third kappa shape index (κ3) is 3.55. The Kier molecular flexibility index (Phi) is 5.20. The molecule has 0 aliphatic carbocycles. The molecular formula is C23H21FN2OS. The predicted octanol–water partition coefficient (Wildman–Crippen LogP) is 5.28. The highest BCUT2D eigenvalue weighted by molar-refractivity contribution is 7.99. The molecule has 28 heavy (non-hydrogen) atoms. The first-order chi connectivity index (χ1) is 13.6. The van der Waals surface area contributed by atoms with Crippen molar-refractivity contribution >= 4 is 22.7 Å². The molecule has 0 fully saturated rings. The summed E-state index contributed by atoms with van der Waals surface area (Å²) in [6, 6.07) is 23.3. The molecule has 1 N–H and O–H groups in total. The third-order valence-corrected chi connectivity index (χ3v) is 6.28. The highest BCUT2D eigenvalue weighted by Gasteiger charge is 2.30. The summed E-state index contributed by atoms with van der Waals surface area (Å²) in [4.78, 5) is 1.05. The second-order valence-electron chi connectivity index (χ2n) is 6.88. The number of benzene rings is 3. The molecule has 0 radical (unpaired) electrons. The van der Waals surface area contributed by atoms with E-state index in [1.165, 1.54) is 11.8 Å². The number of halogens is 1. The van der Waals surface area contributed by atoms with Gasteiger partial charge in [0, 0.05) is 16.0 Å². The fourth-order valence-electron chi connectivity index (χ4n) is 3.21. The van der Waals surface area contributed by atoms with Gasteiger partial charge in [0.15, 0.2) is 0 Å². The van der Waals surface area contributed by atoms with Crippen molar-refractivity contribution in [2.45, 2.75) is 17.4 Å². The van der Waals surface area contributed by atoms with Gasteiger partial charge in [-0.2, -0.15) is 5.10 Å². The third-order valence-electron chi connectivity index (χ3n) is 4.89. The molecule has 3 nitrogen and oxygen atoms in total. The Bertz CT molecular complexity index is 1100. The standard InChI is InChI=1S/C23H21FN2OS/c1-17-7-5-6-10-22(17)28-16-23(27,15-24)19-11-12-21-18(13-19)14-25-26(21)20-8-3-2-4-9-20/h2-14,27H,15-16H2,1H3. The van der Waals surface area contributed by atoms with Crippen LogP contribution in [0.5, 0.6) is 0 Å². The summed E-state index contributed by atoms with van der Waals surface area (Å²) < 4.78 is 15.8. The Balaban J connectivity index is 1.64. The van der Waals surface area contributed by atoms with E-state index in [0.29, 0.717) is 5.56 Å². The van der Waals surface area contributed by atoms with Crippen molar-refractivity contribution < 1.29 is 9.50 Å². The Morgan fingerprint density at radius 2 is 1.79 bits per heavy atom. The van der Waals surface area contributed by atoms with Gasteiger partial charge in [-0.15, -0.1) is 11.8 Å². The molecule has 0 spiro atoms. The van der Waals surface area contributed by atoms with Gasteiger partial charge in [-0.05, 0) is 48.4 Å². The SMILES string of the molecule is Cc1ccccc1SCC(O)(CF)c1ccc2c(cnn2-c2ccccc2)c1. The van der Waals surface area contributed by atoms with Gasteiger partial charge in [-0.25, -0.2) is 9.07 Å². The number of nitrogens with zero attached hydrogens (tertiary/aromatic N) is 2. The maximum Gasteiger partial charge on any atom is 0.127 e. The largest absolute Gasteiger partial charge is 0.382 e. The van der Waals surface area contributed by atoms with Gasteiger partial charge < -0.3 is 5.11 Å². The second kappa shape index (κ2) is 7.78. The van der Waals surface area contributed by atoms with Crippen LogP contribution < -0.4 is 0 Å². The summed E-state index contributed by atoms with van der Waals surface area (Å²) in [6.45, 7) is 1.17. The quantitative estimate of drug-likeness (QED) is 0.454. The second-order valence-corrected chi connectivity index (χ2v) is 7.90. The number of hydrogen-bond donors (Lipinski definition) is 1. The highest BCUT2D eigenvalue weighted by atomic mass is 32.2. The van der Waals surface area contributed by atoms with Crippen LogP contribution in [0.2, 0.25) is 0 Å². The summed E-state index contributed by atoms with van der Waals surface area (Å²) in [5.41, 5.74) is 2.02. The molecule has 0 aliphatic rings. The van der Waals surface area contributed by atoms with E-state index in [1.807, 2.05) is 78.3 Å². The van der Waals surface area contributed by atoms with Crippen molar-refractivity contribution in [3.8, 4) is 5.69 Å². The average Bonchev–Trinajstić information content (AvgIpc) is 3.17. The number of fused-ring (bicyclic) bond motifs is 1. The van der Waals surface area contributed by atoms with Crippen LogP contribution in [0.15, 0.2) is 83.9 Å². The Morgan fingerprint density at radius 1 is 1.04 bits per heavy atom. The van der Waals surface area contributed by atoms with E-state index < -0.39 is 12.3 Å². The van der Waals surface area contributed by atoms with Crippen LogP contribution in [0, 0.1) is 6.92 Å². The van der Waals surface area contributed by atoms with Crippen molar-refractivity contribution in [3.63, 3.8) is 0 Å². The van der Waals surface area contributed by atoms with Crippen molar-refractivity contribution in [1.82, 2.24) is 9.78 Å². The van der Waals surface area contributed by atoms with Crippen LogP contribution in [-0.4, -0.2) is 27.3 Å². The van der Waals surface area contributed by atoms with Gasteiger partial charge >= 0.3 is 0 Å². The number of aryl methyl sites for hydroxylation is 1. The minimum absolute atomic E-state index is 0.243. The summed E-state index contributed by atoms with van der Waals surface area (Å²) in [5.74, 6) is 0.243. The van der Waals surface area contributed by atoms with Crippen LogP contribution in [0.3, 0.4) is 0 Å². The average molecular weight is 392 g/mol. The summed E-state index contributed by atoms with van der Waals surface area (Å²) >= 11 is 1.47. The van der Waals surface area contributed by atoms with Crippen LogP contribution in [0.4, 0.5) is 4.39 Å². The zero-order valence-electron chi connectivity index (χ0n) is 15.5. The number of aromatic nitrogens is 2. The van der Waals surface area contributed by atoms with E-state index >= 15 is 0 Å². The molecule has 4 aromatic rings. The first-order valence-electron chi connectivity index (χ1n) is 9.11. The van der Waals surface area contributed by atoms with E-state index in [2.05, 4.69) is 5.10 Å². The van der Waals surface area contributed by atoms with Gasteiger partial charge in [0.25, 0.3) is 0 Å². The highest BCUT2D eigenvalue weighted by Crippen LogP contribution is 2.33. The van der Waals surface area contributed by atoms with Gasteiger partial charge in [-0.3, -0.25) is 0 Å². The Hall–Kier alpha value is -2.63. The van der Waals surface area contributed by atoms with Crippen molar-refractivity contribution in [2.75, 3.05) is 12.4 Å². The number of para-hydroxylation sites is 1. The van der Waals surface area contributed by atoms with Crippen molar-refractivity contribution in [1.29, 1.82) is 0 Å². The van der Waals surface area contributed by atoms with Crippen molar-refractivity contribution in [3.05, 3.63) is 90.1 Å². The van der Waals surface area contributed by atoms with Crippen LogP contribution in [0.1, 0.15) is 11.1 Å². The number of rotatable bonds is 6. The summed E-state index contributed by atoms with van der Waals surface area (Å²) in [6.07, 6.45) is 1.75. The van der Waals surface area contributed by atoms with E-state index in [0.717, 1.165) is 27.0 Å². The molecule has 4 rings (SSSR count). The predicted molar refractivity (Wildman–Crippen MR) is 113 cm³/mol. The van der Waals surface area contributed by atoms with Gasteiger partial charge in [0.2, 0.25) is 0 Å². The number of hydrogen-bond acceptors (Lipinski definition) is 3. The van der Waals surface area contributed by atoms with Gasteiger partial charge in [0.1, 0.15) is 12.3 Å². The lowest BCUT2D eigenvalue weighted by Gasteiger charge is -2.25. The first-order valence-corrected chi connectivity index (χ1v) is 10.1. The normalized spacial score (nSPS) is 13.5. The monoisotopic (exact) mass is 392 g/mol. The van der Waals surface area contributed by atoms with Crippen LogP contribution >= 0.6 is 11.8 Å². The van der Waals surface area contributed by atoms with Crippen LogP contribution in [-0.2, 0) is 5.60 Å². The number of thioether (sulfide) groups is 1. The van der Waals surface area contributed by atoms with Crippen LogP contribution in [0.25, 0.3) is 16.6 Å². The maximum absolute atomic E-state index is 13.9. The molecule has 1 heterocycles. The molecule has 1 unspecified atom stereocenters.